The molecule has 6 nitrogen and oxygen atoms in total. The zero-order valence-electron chi connectivity index (χ0n) is 15.1. The molecule has 4 heterocycles. The molecule has 3 aromatic heterocycles. The van der Waals surface area contributed by atoms with Crippen molar-refractivity contribution in [1.82, 2.24) is 25.1 Å². The lowest BCUT2D eigenvalue weighted by molar-refractivity contribution is 0.343. The number of nitrogens with two attached hydrogens (primary N) is 1. The van der Waals surface area contributed by atoms with Gasteiger partial charge in [0.05, 0.1) is 28.0 Å². The van der Waals surface area contributed by atoms with Crippen molar-refractivity contribution in [3.63, 3.8) is 0 Å². The van der Waals surface area contributed by atoms with E-state index in [2.05, 4.69) is 26.3 Å². The first-order chi connectivity index (χ1) is 13.7. The number of pyridine rings is 1. The number of hydrogen-bond donors (Lipinski definition) is 2. The molecule has 0 radical (unpaired) electrons. The van der Waals surface area contributed by atoms with Gasteiger partial charge in [-0.05, 0) is 50.2 Å². The molecule has 3 N–H and O–H groups in total. The second-order valence-electron chi connectivity index (χ2n) is 6.98. The zero-order chi connectivity index (χ0) is 19.1. The summed E-state index contributed by atoms with van der Waals surface area (Å²) in [6.07, 6.45) is 8.00. The van der Waals surface area contributed by atoms with Crippen LogP contribution in [0.25, 0.3) is 31.9 Å². The monoisotopic (exact) mass is 410 g/mol. The highest BCUT2D eigenvalue weighted by Gasteiger charge is 2.17. The highest BCUT2D eigenvalue weighted by atomic mass is 35.5. The number of aromatic nitrogens is 4. The molecule has 1 fully saturated rings. The Balaban J connectivity index is 1.51. The molecule has 0 bridgehead atoms. The van der Waals surface area contributed by atoms with Crippen LogP contribution in [0.4, 0.5) is 5.82 Å². The smallest absolute Gasteiger partial charge is 0.133 e. The maximum atomic E-state index is 6.18. The van der Waals surface area contributed by atoms with Crippen LogP contribution in [0.2, 0.25) is 5.02 Å². The van der Waals surface area contributed by atoms with E-state index in [-0.39, 0.29) is 0 Å². The van der Waals surface area contributed by atoms with Crippen molar-refractivity contribution in [1.29, 1.82) is 0 Å². The summed E-state index contributed by atoms with van der Waals surface area (Å²) in [5.74, 6) is 0.472. The second-order valence-corrected chi connectivity index (χ2v) is 8.45. The Bertz CT molecular complexity index is 1140. The Kier molecular flexibility index (Phi) is 4.50. The van der Waals surface area contributed by atoms with Crippen LogP contribution in [0.1, 0.15) is 18.9 Å². The predicted octanol–water partition coefficient (Wildman–Crippen LogP) is 4.38. The van der Waals surface area contributed by atoms with E-state index in [1.54, 1.807) is 17.5 Å². The van der Waals surface area contributed by atoms with Crippen LogP contribution in [0.15, 0.2) is 42.9 Å². The van der Waals surface area contributed by atoms with Crippen LogP contribution in [0, 0.1) is 0 Å². The number of rotatable bonds is 3. The summed E-state index contributed by atoms with van der Waals surface area (Å²) in [5, 5.41) is 9.52. The summed E-state index contributed by atoms with van der Waals surface area (Å²) in [7, 11) is 0. The van der Waals surface area contributed by atoms with Gasteiger partial charge in [-0.25, -0.2) is 9.97 Å². The molecule has 142 valence electrons. The maximum absolute atomic E-state index is 6.18. The minimum absolute atomic E-state index is 0.449. The van der Waals surface area contributed by atoms with Crippen LogP contribution >= 0.6 is 22.9 Å². The molecule has 0 atom stereocenters. The molecule has 4 aromatic rings. The number of anilines is 1. The van der Waals surface area contributed by atoms with Gasteiger partial charge in [0.25, 0.3) is 0 Å². The number of nitrogens with one attached hydrogen (secondary N) is 1. The standard InChI is InChI=1S/C20H19ClN6S/c21-14-1-2-17-18(8-14)28-20(26-17)16-7-12(9-24-19(16)22)13-10-25-27(11-13)15-3-5-23-6-4-15/h1-2,7-11,15,23H,3-6H2,(H2,22,24). The minimum atomic E-state index is 0.449. The van der Waals surface area contributed by atoms with Crippen molar-refractivity contribution < 1.29 is 0 Å². The molecule has 0 aliphatic carbocycles. The second kappa shape index (κ2) is 7.16. The molecule has 1 aliphatic rings. The number of halogens is 1. The van der Waals surface area contributed by atoms with Crippen LogP contribution in [-0.4, -0.2) is 32.8 Å². The van der Waals surface area contributed by atoms with Crippen molar-refractivity contribution in [2.45, 2.75) is 18.9 Å². The molecule has 28 heavy (non-hydrogen) atoms. The summed E-state index contributed by atoms with van der Waals surface area (Å²) in [5.41, 5.74) is 9.95. The Labute approximate surface area is 171 Å². The lowest BCUT2D eigenvalue weighted by atomic mass is 10.1. The minimum Gasteiger partial charge on any atom is -0.383 e. The predicted molar refractivity (Wildman–Crippen MR) is 115 cm³/mol. The Hall–Kier alpha value is -2.48. The summed E-state index contributed by atoms with van der Waals surface area (Å²) in [6.45, 7) is 2.07. The van der Waals surface area contributed by atoms with Crippen LogP contribution in [0.5, 0.6) is 0 Å². The number of piperidine rings is 1. The zero-order valence-corrected chi connectivity index (χ0v) is 16.7. The Morgan fingerprint density at radius 3 is 2.86 bits per heavy atom. The number of benzene rings is 1. The van der Waals surface area contributed by atoms with Gasteiger partial charge in [0, 0.05) is 28.5 Å². The molecule has 1 aliphatic heterocycles. The molecule has 5 rings (SSSR count). The van der Waals surface area contributed by atoms with Gasteiger partial charge in [-0.3, -0.25) is 4.68 Å². The SMILES string of the molecule is Nc1ncc(-c2cnn(C3CCNCC3)c2)cc1-c1nc2ccc(Cl)cc2s1. The first-order valence-electron chi connectivity index (χ1n) is 9.24. The number of nitrogen functional groups attached to an aromatic ring is 1. The largest absolute Gasteiger partial charge is 0.383 e. The quantitative estimate of drug-likeness (QED) is 0.523. The number of fused-ring (bicyclic) bond motifs is 1. The maximum Gasteiger partial charge on any atom is 0.133 e. The first kappa shape index (κ1) is 17.6. The van der Waals surface area contributed by atoms with Gasteiger partial charge in [0.2, 0.25) is 0 Å². The molecule has 1 aromatic carbocycles. The van der Waals surface area contributed by atoms with Crippen molar-refractivity contribution in [3.05, 3.63) is 47.9 Å². The van der Waals surface area contributed by atoms with Gasteiger partial charge in [-0.2, -0.15) is 5.10 Å². The molecule has 1 saturated heterocycles. The molecule has 0 unspecified atom stereocenters. The third-order valence-corrected chi connectivity index (χ3v) is 6.40. The van der Waals surface area contributed by atoms with Gasteiger partial charge in [0.1, 0.15) is 10.8 Å². The van der Waals surface area contributed by atoms with Gasteiger partial charge >= 0.3 is 0 Å². The summed E-state index contributed by atoms with van der Waals surface area (Å²) >= 11 is 7.67. The molecule has 0 spiro atoms. The Morgan fingerprint density at radius 1 is 1.14 bits per heavy atom. The fourth-order valence-corrected chi connectivity index (χ4v) is 4.84. The van der Waals surface area contributed by atoms with Gasteiger partial charge in [0.15, 0.2) is 0 Å². The summed E-state index contributed by atoms with van der Waals surface area (Å²) < 4.78 is 3.11. The summed E-state index contributed by atoms with van der Waals surface area (Å²) in [6, 6.07) is 8.19. The van der Waals surface area contributed by atoms with E-state index < -0.39 is 0 Å². The van der Waals surface area contributed by atoms with Gasteiger partial charge < -0.3 is 11.1 Å². The van der Waals surface area contributed by atoms with Gasteiger partial charge in [-0.1, -0.05) is 11.6 Å². The van der Waals surface area contributed by atoms with E-state index in [0.29, 0.717) is 16.9 Å². The average Bonchev–Trinajstić information content (AvgIpc) is 3.36. The van der Waals surface area contributed by atoms with Gasteiger partial charge in [-0.15, -0.1) is 11.3 Å². The Morgan fingerprint density at radius 2 is 2.00 bits per heavy atom. The van der Waals surface area contributed by atoms with E-state index >= 15 is 0 Å². The van der Waals surface area contributed by atoms with Crippen molar-refractivity contribution in [2.24, 2.45) is 0 Å². The van der Waals surface area contributed by atoms with Crippen LogP contribution in [-0.2, 0) is 0 Å². The average molecular weight is 411 g/mol. The van der Waals surface area contributed by atoms with E-state index in [9.17, 15) is 0 Å². The number of hydrogen-bond acceptors (Lipinski definition) is 6. The topological polar surface area (TPSA) is 81.6 Å². The number of nitrogens with zero attached hydrogens (tertiary/aromatic N) is 4. The lowest BCUT2D eigenvalue weighted by Gasteiger charge is -2.22. The number of thiazole rings is 1. The van der Waals surface area contributed by atoms with E-state index in [0.717, 1.165) is 57.8 Å². The first-order valence-corrected chi connectivity index (χ1v) is 10.4. The van der Waals surface area contributed by atoms with Crippen molar-refractivity contribution in [2.75, 3.05) is 18.8 Å². The fraction of sp³-hybridized carbons (Fsp3) is 0.250. The van der Waals surface area contributed by atoms with Crippen LogP contribution < -0.4 is 11.1 Å². The van der Waals surface area contributed by atoms with Crippen molar-refractivity contribution >= 4 is 39.0 Å². The molecule has 0 saturated carbocycles. The molecule has 0 amide bonds. The molecular formula is C20H19ClN6S. The fourth-order valence-electron chi connectivity index (χ4n) is 3.58. The molecule has 8 heteroatoms. The highest BCUT2D eigenvalue weighted by Crippen LogP contribution is 2.36. The normalized spacial score (nSPS) is 15.3. The lowest BCUT2D eigenvalue weighted by Crippen LogP contribution is -2.29. The third-order valence-electron chi connectivity index (χ3n) is 5.12. The van der Waals surface area contributed by atoms with E-state index in [1.165, 1.54) is 0 Å². The third kappa shape index (κ3) is 3.26. The van der Waals surface area contributed by atoms with Crippen molar-refractivity contribution in [3.8, 4) is 21.7 Å². The van der Waals surface area contributed by atoms with E-state index in [4.69, 9.17) is 22.3 Å². The highest BCUT2D eigenvalue weighted by molar-refractivity contribution is 7.21. The summed E-state index contributed by atoms with van der Waals surface area (Å²) in [4.78, 5) is 9.12. The van der Waals surface area contributed by atoms with Crippen LogP contribution in [0.3, 0.4) is 0 Å². The molecular weight excluding hydrogens is 392 g/mol. The van der Waals surface area contributed by atoms with E-state index in [1.807, 2.05) is 30.5 Å².